The Kier molecular flexibility index (Phi) is 6.03. The van der Waals surface area contributed by atoms with Crippen molar-refractivity contribution in [1.82, 2.24) is 0 Å². The summed E-state index contributed by atoms with van der Waals surface area (Å²) in [7, 11) is 0. The molecule has 0 aliphatic heterocycles. The molecule has 0 fully saturated rings. The van der Waals surface area contributed by atoms with E-state index in [0.29, 0.717) is 6.42 Å². The second-order valence-electron chi connectivity index (χ2n) is 11.9. The second kappa shape index (κ2) is 10.1. The molecule has 210 valence electrons. The van der Waals surface area contributed by atoms with E-state index in [9.17, 15) is 0 Å². The summed E-state index contributed by atoms with van der Waals surface area (Å²) in [4.78, 5) is 0. The minimum absolute atomic E-state index is 0.380. The van der Waals surface area contributed by atoms with Crippen LogP contribution in [-0.4, -0.2) is 0 Å². The fraction of sp³-hybridized carbons (Fsp3) is 0.0698. The van der Waals surface area contributed by atoms with Crippen LogP contribution in [0.2, 0.25) is 0 Å². The Hall–Kier alpha value is -5.40. The van der Waals surface area contributed by atoms with Crippen LogP contribution >= 0.6 is 0 Å². The van der Waals surface area contributed by atoms with Crippen LogP contribution in [-0.2, 0) is 5.41 Å². The zero-order valence-corrected chi connectivity index (χ0v) is 24.8. The molecule has 0 heterocycles. The van der Waals surface area contributed by atoms with Crippen molar-refractivity contribution < 1.29 is 0 Å². The van der Waals surface area contributed by atoms with Crippen molar-refractivity contribution in [1.29, 1.82) is 0 Å². The highest BCUT2D eigenvalue weighted by molar-refractivity contribution is 6.03. The van der Waals surface area contributed by atoms with Gasteiger partial charge in [0.25, 0.3) is 0 Å². The highest BCUT2D eigenvalue weighted by atomic mass is 14.6. The Labute approximate surface area is 259 Å². The summed E-state index contributed by atoms with van der Waals surface area (Å²) in [6.45, 7) is 6.13. The lowest BCUT2D eigenvalue weighted by atomic mass is 9.70. The molecule has 2 N–H and O–H groups in total. The number of benzene rings is 6. The molecule has 6 aromatic carbocycles. The average Bonchev–Trinajstić information content (AvgIpc) is 3.51. The van der Waals surface area contributed by atoms with Crippen molar-refractivity contribution in [3.8, 4) is 22.3 Å². The van der Waals surface area contributed by atoms with Gasteiger partial charge in [0.15, 0.2) is 0 Å². The van der Waals surface area contributed by atoms with Crippen LogP contribution < -0.4 is 5.73 Å². The van der Waals surface area contributed by atoms with Gasteiger partial charge >= 0.3 is 0 Å². The van der Waals surface area contributed by atoms with Gasteiger partial charge in [0, 0.05) is 12.1 Å². The molecule has 8 rings (SSSR count). The lowest BCUT2D eigenvalue weighted by Crippen LogP contribution is -2.25. The van der Waals surface area contributed by atoms with Crippen molar-refractivity contribution in [2.45, 2.75) is 18.8 Å². The standard InChI is InChI=1S/C43H33N/c1-3-5-14-34(44)22-21-28(4-2)31-19-20-32-25-38-37-24-29-12-6-7-13-30(29)26-41(37)43(42(38)27-33(32)23-31)39-17-10-8-15-35(39)36-16-9-11-18-40(36)43/h3-21,23-27H,2,22,44H2,1H3/b5-3-,28-21+,34-14-. The second-order valence-corrected chi connectivity index (χ2v) is 11.9. The summed E-state index contributed by atoms with van der Waals surface area (Å²) in [5.74, 6) is 0. The summed E-state index contributed by atoms with van der Waals surface area (Å²) >= 11 is 0. The molecule has 0 saturated heterocycles. The van der Waals surface area contributed by atoms with Gasteiger partial charge in [-0.05, 0) is 121 Å². The Morgan fingerprint density at radius 1 is 0.636 bits per heavy atom. The van der Waals surface area contributed by atoms with Crippen molar-refractivity contribution in [3.05, 3.63) is 186 Å². The Balaban J connectivity index is 1.40. The first-order chi connectivity index (χ1) is 21.6. The quantitative estimate of drug-likeness (QED) is 0.207. The van der Waals surface area contributed by atoms with Gasteiger partial charge in [-0.2, -0.15) is 0 Å². The molecule has 0 bridgehead atoms. The molecule has 0 aromatic heterocycles. The number of fused-ring (bicyclic) bond motifs is 12. The van der Waals surface area contributed by atoms with Crippen LogP contribution in [0.5, 0.6) is 0 Å². The lowest BCUT2D eigenvalue weighted by molar-refractivity contribution is 0.796. The topological polar surface area (TPSA) is 26.0 Å². The summed E-state index contributed by atoms with van der Waals surface area (Å²) in [6, 6.07) is 43.2. The fourth-order valence-corrected chi connectivity index (χ4v) is 7.58. The maximum Gasteiger partial charge on any atom is 0.0725 e. The number of hydrogen-bond acceptors (Lipinski definition) is 1. The molecule has 0 radical (unpaired) electrons. The number of rotatable bonds is 5. The molecule has 2 aliphatic rings. The van der Waals surface area contributed by atoms with Crippen LogP contribution in [0.15, 0.2) is 158 Å². The van der Waals surface area contributed by atoms with Crippen LogP contribution in [0.4, 0.5) is 0 Å². The minimum atomic E-state index is -0.380. The first kappa shape index (κ1) is 26.2. The fourth-order valence-electron chi connectivity index (χ4n) is 7.58. The van der Waals surface area contributed by atoms with Crippen LogP contribution in [0.3, 0.4) is 0 Å². The molecule has 6 aromatic rings. The molecule has 0 amide bonds. The zero-order chi connectivity index (χ0) is 29.8. The Bertz CT molecular complexity index is 2190. The molecule has 2 aliphatic carbocycles. The SMILES string of the molecule is C=C/C(=C\C/C(N)=C/C=C\C)c1ccc2cc3c(cc2c1)C1(c2ccccc2-c2ccccc21)c1cc2ccccc2cc1-3. The number of hydrogen-bond donors (Lipinski definition) is 1. The van der Waals surface area contributed by atoms with Gasteiger partial charge in [-0.1, -0.05) is 116 Å². The molecule has 0 unspecified atom stereocenters. The lowest BCUT2D eigenvalue weighted by Gasteiger charge is -2.30. The van der Waals surface area contributed by atoms with E-state index in [1.807, 2.05) is 31.2 Å². The van der Waals surface area contributed by atoms with Crippen LogP contribution in [0.1, 0.15) is 41.2 Å². The van der Waals surface area contributed by atoms with E-state index >= 15 is 0 Å². The van der Waals surface area contributed by atoms with E-state index in [1.54, 1.807) is 0 Å². The molecule has 1 nitrogen and oxygen atoms in total. The monoisotopic (exact) mass is 563 g/mol. The van der Waals surface area contributed by atoms with E-state index < -0.39 is 0 Å². The summed E-state index contributed by atoms with van der Waals surface area (Å²) < 4.78 is 0. The number of allylic oxidation sites excluding steroid dienone is 6. The van der Waals surface area contributed by atoms with Crippen molar-refractivity contribution in [2.75, 3.05) is 0 Å². The average molecular weight is 564 g/mol. The van der Waals surface area contributed by atoms with Crippen LogP contribution in [0.25, 0.3) is 49.4 Å². The van der Waals surface area contributed by atoms with E-state index in [-0.39, 0.29) is 5.41 Å². The molecule has 0 atom stereocenters. The highest BCUT2D eigenvalue weighted by Gasteiger charge is 2.51. The largest absolute Gasteiger partial charge is 0.402 e. The predicted octanol–water partition coefficient (Wildman–Crippen LogP) is 10.7. The van der Waals surface area contributed by atoms with Gasteiger partial charge in [0.2, 0.25) is 0 Å². The summed E-state index contributed by atoms with van der Waals surface area (Å²) in [6.07, 6.45) is 10.7. The zero-order valence-electron chi connectivity index (χ0n) is 24.8. The normalized spacial score (nSPS) is 14.7. The summed E-state index contributed by atoms with van der Waals surface area (Å²) in [5, 5.41) is 5.01. The molecular weight excluding hydrogens is 530 g/mol. The molecule has 1 spiro atoms. The van der Waals surface area contributed by atoms with Gasteiger partial charge in [-0.3, -0.25) is 0 Å². The van der Waals surface area contributed by atoms with Crippen molar-refractivity contribution in [3.63, 3.8) is 0 Å². The smallest absolute Gasteiger partial charge is 0.0725 e. The predicted molar refractivity (Wildman–Crippen MR) is 188 cm³/mol. The van der Waals surface area contributed by atoms with Crippen LogP contribution in [0, 0.1) is 0 Å². The molecule has 44 heavy (non-hydrogen) atoms. The van der Waals surface area contributed by atoms with E-state index in [0.717, 1.165) is 16.8 Å². The van der Waals surface area contributed by atoms with E-state index in [4.69, 9.17) is 5.73 Å². The summed E-state index contributed by atoms with van der Waals surface area (Å²) in [5.41, 5.74) is 19.7. The maximum absolute atomic E-state index is 6.25. The maximum atomic E-state index is 6.25. The van der Waals surface area contributed by atoms with Crippen molar-refractivity contribution >= 4 is 27.1 Å². The van der Waals surface area contributed by atoms with Gasteiger partial charge in [0.05, 0.1) is 5.41 Å². The minimum Gasteiger partial charge on any atom is -0.402 e. The molecule has 0 saturated carbocycles. The van der Waals surface area contributed by atoms with E-state index in [1.165, 1.54) is 66.1 Å². The number of nitrogens with two attached hydrogens (primary N) is 1. The molecular formula is C43H33N. The van der Waals surface area contributed by atoms with Crippen molar-refractivity contribution in [2.24, 2.45) is 5.73 Å². The first-order valence-electron chi connectivity index (χ1n) is 15.3. The highest BCUT2D eigenvalue weighted by Crippen LogP contribution is 2.63. The first-order valence-corrected chi connectivity index (χ1v) is 15.3. The van der Waals surface area contributed by atoms with E-state index in [2.05, 4.69) is 128 Å². The molecule has 1 heteroatoms. The van der Waals surface area contributed by atoms with Gasteiger partial charge in [-0.15, -0.1) is 0 Å². The third kappa shape index (κ3) is 3.72. The van der Waals surface area contributed by atoms with Gasteiger partial charge in [0.1, 0.15) is 0 Å². The van der Waals surface area contributed by atoms with Gasteiger partial charge < -0.3 is 5.73 Å². The third-order valence-corrected chi connectivity index (χ3v) is 9.53. The Morgan fingerprint density at radius 2 is 1.20 bits per heavy atom. The Morgan fingerprint density at radius 3 is 1.84 bits per heavy atom. The van der Waals surface area contributed by atoms with Gasteiger partial charge in [-0.25, -0.2) is 0 Å². The third-order valence-electron chi connectivity index (χ3n) is 9.53.